The number of rotatable bonds is 3. The van der Waals surface area contributed by atoms with Crippen molar-refractivity contribution in [3.8, 4) is 17.2 Å². The summed E-state index contributed by atoms with van der Waals surface area (Å²) in [4.78, 5) is 12.5. The second-order valence-corrected chi connectivity index (χ2v) is 6.14. The van der Waals surface area contributed by atoms with Crippen molar-refractivity contribution in [1.82, 2.24) is 0 Å². The molecule has 0 unspecified atom stereocenters. The molecule has 1 aliphatic heterocycles. The van der Waals surface area contributed by atoms with Crippen LogP contribution in [0.1, 0.15) is 36.7 Å². The zero-order valence-electron chi connectivity index (χ0n) is 12.9. The number of ketones is 1. The van der Waals surface area contributed by atoms with Gasteiger partial charge in [0.15, 0.2) is 17.3 Å². The van der Waals surface area contributed by atoms with E-state index in [2.05, 4.69) is 0 Å². The lowest BCUT2D eigenvalue weighted by Crippen LogP contribution is -2.22. The van der Waals surface area contributed by atoms with E-state index < -0.39 is 0 Å². The molecule has 2 aromatic carbocycles. The fraction of sp³-hybridized carbons (Fsp3) is 0.278. The zero-order valence-corrected chi connectivity index (χ0v) is 12.9. The van der Waals surface area contributed by atoms with Gasteiger partial charge in [0.1, 0.15) is 11.4 Å². The second kappa shape index (κ2) is 5.37. The number of carbonyl (C=O) groups is 1. The Hall–Kier alpha value is -2.49. The molecule has 0 aromatic heterocycles. The molecule has 0 saturated heterocycles. The van der Waals surface area contributed by atoms with Crippen LogP contribution in [0.15, 0.2) is 42.5 Å². The zero-order chi connectivity index (χ0) is 15.7. The molecular formula is C18H18O4. The van der Waals surface area contributed by atoms with Crippen molar-refractivity contribution in [3.63, 3.8) is 0 Å². The van der Waals surface area contributed by atoms with Crippen LogP contribution in [0.2, 0.25) is 0 Å². The highest BCUT2D eigenvalue weighted by Crippen LogP contribution is 2.33. The van der Waals surface area contributed by atoms with Crippen molar-refractivity contribution in [3.05, 3.63) is 53.6 Å². The molecule has 3 rings (SSSR count). The lowest BCUT2D eigenvalue weighted by Gasteiger charge is -2.21. The lowest BCUT2D eigenvalue weighted by molar-refractivity contribution is 0.103. The minimum Gasteiger partial charge on any atom is -0.488 e. The molecule has 114 valence electrons. The fourth-order valence-corrected chi connectivity index (χ4v) is 2.23. The largest absolute Gasteiger partial charge is 0.488 e. The summed E-state index contributed by atoms with van der Waals surface area (Å²) in [5, 5.41) is 0. The summed E-state index contributed by atoms with van der Waals surface area (Å²) in [6, 6.07) is 12.4. The van der Waals surface area contributed by atoms with Crippen LogP contribution in [0, 0.1) is 0 Å². The fourth-order valence-electron chi connectivity index (χ4n) is 2.23. The van der Waals surface area contributed by atoms with Gasteiger partial charge in [-0.2, -0.15) is 0 Å². The predicted octanol–water partition coefficient (Wildman–Crippen LogP) is 3.82. The quantitative estimate of drug-likeness (QED) is 0.808. The van der Waals surface area contributed by atoms with Gasteiger partial charge in [-0.3, -0.25) is 4.79 Å². The molecule has 22 heavy (non-hydrogen) atoms. The van der Waals surface area contributed by atoms with Crippen LogP contribution in [-0.4, -0.2) is 18.2 Å². The number of hydrogen-bond acceptors (Lipinski definition) is 4. The Balaban J connectivity index is 1.80. The summed E-state index contributed by atoms with van der Waals surface area (Å²) in [6.07, 6.45) is 0. The molecule has 1 aliphatic rings. The van der Waals surface area contributed by atoms with Crippen LogP contribution >= 0.6 is 0 Å². The molecule has 0 saturated carbocycles. The van der Waals surface area contributed by atoms with Gasteiger partial charge in [0.2, 0.25) is 6.79 Å². The molecule has 0 N–H and O–H groups in total. The highest BCUT2D eigenvalue weighted by molar-refractivity contribution is 6.09. The number of hydrogen-bond donors (Lipinski definition) is 0. The summed E-state index contributed by atoms with van der Waals surface area (Å²) in [6.45, 7) is 6.15. The van der Waals surface area contributed by atoms with E-state index in [-0.39, 0.29) is 18.2 Å². The first-order valence-corrected chi connectivity index (χ1v) is 7.16. The van der Waals surface area contributed by atoms with Crippen molar-refractivity contribution in [2.24, 2.45) is 0 Å². The first-order chi connectivity index (χ1) is 10.4. The number of ether oxygens (including phenoxy) is 3. The average molecular weight is 298 g/mol. The molecule has 0 spiro atoms. The van der Waals surface area contributed by atoms with Crippen LogP contribution in [0.4, 0.5) is 0 Å². The van der Waals surface area contributed by atoms with Crippen LogP contribution < -0.4 is 14.2 Å². The Labute approximate surface area is 129 Å². The molecule has 4 nitrogen and oxygen atoms in total. The molecule has 0 aliphatic carbocycles. The maximum absolute atomic E-state index is 12.5. The van der Waals surface area contributed by atoms with E-state index in [0.29, 0.717) is 22.6 Å². The van der Waals surface area contributed by atoms with Gasteiger partial charge in [-0.25, -0.2) is 0 Å². The molecule has 0 bridgehead atoms. The Morgan fingerprint density at radius 3 is 2.27 bits per heavy atom. The smallest absolute Gasteiger partial charge is 0.231 e. The average Bonchev–Trinajstić information content (AvgIpc) is 2.93. The number of benzene rings is 2. The third-order valence-electron chi connectivity index (χ3n) is 3.18. The Morgan fingerprint density at radius 1 is 0.955 bits per heavy atom. The Morgan fingerprint density at radius 2 is 1.59 bits per heavy atom. The highest BCUT2D eigenvalue weighted by Gasteiger charge is 2.17. The first-order valence-electron chi connectivity index (χ1n) is 7.16. The van der Waals surface area contributed by atoms with Crippen molar-refractivity contribution in [1.29, 1.82) is 0 Å². The van der Waals surface area contributed by atoms with E-state index in [9.17, 15) is 4.79 Å². The maximum Gasteiger partial charge on any atom is 0.231 e. The van der Waals surface area contributed by atoms with E-state index in [1.165, 1.54) is 0 Å². The summed E-state index contributed by atoms with van der Waals surface area (Å²) < 4.78 is 16.3. The predicted molar refractivity (Wildman–Crippen MR) is 82.8 cm³/mol. The molecule has 1 heterocycles. The van der Waals surface area contributed by atoms with E-state index in [1.807, 2.05) is 32.9 Å². The molecule has 0 fully saturated rings. The van der Waals surface area contributed by atoms with Gasteiger partial charge in [0.25, 0.3) is 0 Å². The van der Waals surface area contributed by atoms with E-state index in [1.54, 1.807) is 30.3 Å². The standard InChI is InChI=1S/C18H18O4/c1-18(2,3)22-14-7-4-12(5-8-14)17(19)13-6-9-15-16(10-13)21-11-20-15/h4-10H,11H2,1-3H3. The SMILES string of the molecule is CC(C)(C)Oc1ccc(C(=O)c2ccc3c(c2)OCO3)cc1. The molecule has 2 aromatic rings. The maximum atomic E-state index is 12.5. The van der Waals surface area contributed by atoms with Gasteiger partial charge in [0.05, 0.1) is 0 Å². The van der Waals surface area contributed by atoms with E-state index in [0.717, 1.165) is 5.75 Å². The van der Waals surface area contributed by atoms with Crippen LogP contribution in [0.5, 0.6) is 17.2 Å². The Kier molecular flexibility index (Phi) is 3.53. The van der Waals surface area contributed by atoms with Crippen molar-refractivity contribution in [2.75, 3.05) is 6.79 Å². The first kappa shape index (κ1) is 14.4. The third-order valence-corrected chi connectivity index (χ3v) is 3.18. The van der Waals surface area contributed by atoms with E-state index in [4.69, 9.17) is 14.2 Å². The van der Waals surface area contributed by atoms with Gasteiger partial charge in [-0.15, -0.1) is 0 Å². The van der Waals surface area contributed by atoms with Gasteiger partial charge >= 0.3 is 0 Å². The molecule has 0 radical (unpaired) electrons. The summed E-state index contributed by atoms with van der Waals surface area (Å²) in [5.41, 5.74) is 0.928. The number of carbonyl (C=O) groups excluding carboxylic acids is 1. The normalized spacial score (nSPS) is 13.0. The van der Waals surface area contributed by atoms with Crippen LogP contribution in [0.3, 0.4) is 0 Å². The van der Waals surface area contributed by atoms with Gasteiger partial charge in [0, 0.05) is 11.1 Å². The number of fused-ring (bicyclic) bond motifs is 1. The minimum atomic E-state index is -0.261. The lowest BCUT2D eigenvalue weighted by atomic mass is 10.0. The van der Waals surface area contributed by atoms with Gasteiger partial charge in [-0.1, -0.05) is 0 Å². The minimum absolute atomic E-state index is 0.0550. The topological polar surface area (TPSA) is 44.8 Å². The summed E-state index contributed by atoms with van der Waals surface area (Å²) in [5.74, 6) is 1.97. The van der Waals surface area contributed by atoms with Crippen molar-refractivity contribution >= 4 is 5.78 Å². The molecule has 4 heteroatoms. The molecule has 0 amide bonds. The van der Waals surface area contributed by atoms with Crippen molar-refractivity contribution < 1.29 is 19.0 Å². The second-order valence-electron chi connectivity index (χ2n) is 6.14. The Bertz CT molecular complexity index is 696. The third kappa shape index (κ3) is 3.06. The highest BCUT2D eigenvalue weighted by atomic mass is 16.7. The van der Waals surface area contributed by atoms with Crippen LogP contribution in [-0.2, 0) is 0 Å². The van der Waals surface area contributed by atoms with Crippen molar-refractivity contribution in [2.45, 2.75) is 26.4 Å². The van der Waals surface area contributed by atoms with Gasteiger partial charge in [-0.05, 0) is 63.2 Å². The van der Waals surface area contributed by atoms with Crippen LogP contribution in [0.25, 0.3) is 0 Å². The van der Waals surface area contributed by atoms with E-state index >= 15 is 0 Å². The molecule has 0 atom stereocenters. The summed E-state index contributed by atoms with van der Waals surface area (Å²) in [7, 11) is 0. The summed E-state index contributed by atoms with van der Waals surface area (Å²) >= 11 is 0. The monoisotopic (exact) mass is 298 g/mol. The molecular weight excluding hydrogens is 280 g/mol. The van der Waals surface area contributed by atoms with Gasteiger partial charge < -0.3 is 14.2 Å².